The van der Waals surface area contributed by atoms with Gasteiger partial charge in [-0.05, 0) is 42.7 Å². The minimum Gasteiger partial charge on any atom is -0.496 e. The summed E-state index contributed by atoms with van der Waals surface area (Å²) in [7, 11) is -1.72. The first kappa shape index (κ1) is 18.8. The summed E-state index contributed by atoms with van der Waals surface area (Å²) in [6, 6.07) is 14.3. The third-order valence-electron chi connectivity index (χ3n) is 3.54. The number of nitrogens with one attached hydrogen (secondary N) is 2. The van der Waals surface area contributed by atoms with E-state index in [9.17, 15) is 13.2 Å². The minimum atomic E-state index is -3.26. The molecule has 2 rings (SSSR count). The van der Waals surface area contributed by atoms with Gasteiger partial charge in [0.15, 0.2) is 0 Å². The van der Waals surface area contributed by atoms with Crippen molar-refractivity contribution < 1.29 is 17.9 Å². The second-order valence-electron chi connectivity index (χ2n) is 5.63. The Labute approximate surface area is 148 Å². The number of benzene rings is 2. The van der Waals surface area contributed by atoms with Crippen molar-refractivity contribution in [3.8, 4) is 5.75 Å². The lowest BCUT2D eigenvalue weighted by atomic mass is 10.1. The predicted octanol–water partition coefficient (Wildman–Crippen LogP) is 2.43. The number of para-hydroxylation sites is 1. The number of aryl methyl sites for hydroxylation is 1. The van der Waals surface area contributed by atoms with Crippen LogP contribution in [-0.2, 0) is 16.4 Å². The number of sulfonamides is 1. The van der Waals surface area contributed by atoms with Crippen LogP contribution in [0.2, 0.25) is 0 Å². The molecule has 2 aromatic rings. The van der Waals surface area contributed by atoms with Crippen molar-refractivity contribution in [1.82, 2.24) is 5.32 Å². The first-order chi connectivity index (χ1) is 11.9. The average Bonchev–Trinajstić information content (AvgIpc) is 2.58. The average molecular weight is 362 g/mol. The van der Waals surface area contributed by atoms with E-state index in [4.69, 9.17) is 4.74 Å². The smallest absolute Gasteiger partial charge is 0.255 e. The quantitative estimate of drug-likeness (QED) is 0.707. The van der Waals surface area contributed by atoms with Gasteiger partial charge in [-0.2, -0.15) is 0 Å². The van der Waals surface area contributed by atoms with E-state index in [1.807, 2.05) is 18.2 Å². The summed E-state index contributed by atoms with van der Waals surface area (Å²) in [5.41, 5.74) is 2.13. The van der Waals surface area contributed by atoms with E-state index in [1.54, 1.807) is 30.3 Å². The van der Waals surface area contributed by atoms with Gasteiger partial charge >= 0.3 is 0 Å². The molecule has 0 aliphatic carbocycles. The molecule has 0 saturated carbocycles. The van der Waals surface area contributed by atoms with Crippen LogP contribution in [0.5, 0.6) is 5.75 Å². The maximum Gasteiger partial charge on any atom is 0.255 e. The number of carbonyl (C=O) groups excluding carboxylic acids is 1. The zero-order valence-corrected chi connectivity index (χ0v) is 15.1. The Morgan fingerprint density at radius 1 is 1.08 bits per heavy atom. The lowest BCUT2D eigenvalue weighted by Gasteiger charge is -2.09. The monoisotopic (exact) mass is 362 g/mol. The van der Waals surface area contributed by atoms with Crippen LogP contribution in [0.25, 0.3) is 0 Å². The van der Waals surface area contributed by atoms with Gasteiger partial charge in [0.1, 0.15) is 5.75 Å². The van der Waals surface area contributed by atoms with Crippen molar-refractivity contribution in [2.75, 3.05) is 24.6 Å². The van der Waals surface area contributed by atoms with Crippen LogP contribution >= 0.6 is 0 Å². The van der Waals surface area contributed by atoms with Crippen LogP contribution in [0.1, 0.15) is 22.3 Å². The number of rotatable bonds is 8. The van der Waals surface area contributed by atoms with Crippen molar-refractivity contribution in [2.24, 2.45) is 0 Å². The number of methoxy groups -OCH3 is 1. The molecule has 0 spiro atoms. The molecule has 1 amide bonds. The fourth-order valence-electron chi connectivity index (χ4n) is 2.38. The first-order valence-corrected chi connectivity index (χ1v) is 9.76. The molecular weight excluding hydrogens is 340 g/mol. The molecule has 7 heteroatoms. The van der Waals surface area contributed by atoms with Crippen LogP contribution in [0.15, 0.2) is 48.5 Å². The fraction of sp³-hybridized carbons (Fsp3) is 0.278. The van der Waals surface area contributed by atoms with E-state index in [-0.39, 0.29) is 5.91 Å². The molecule has 0 saturated heterocycles. The third-order valence-corrected chi connectivity index (χ3v) is 4.14. The van der Waals surface area contributed by atoms with Crippen LogP contribution in [0.4, 0.5) is 5.69 Å². The maximum absolute atomic E-state index is 12.2. The molecule has 0 atom stereocenters. The largest absolute Gasteiger partial charge is 0.496 e. The SMILES string of the molecule is COc1ccccc1C(=O)NCCCc1ccc(NS(C)(=O)=O)cc1. The summed E-state index contributed by atoms with van der Waals surface area (Å²) < 4.78 is 29.9. The molecule has 0 heterocycles. The summed E-state index contributed by atoms with van der Waals surface area (Å²) in [5.74, 6) is 0.388. The van der Waals surface area contributed by atoms with Crippen LogP contribution in [-0.4, -0.2) is 34.2 Å². The van der Waals surface area contributed by atoms with E-state index in [0.717, 1.165) is 24.7 Å². The Morgan fingerprint density at radius 2 is 1.76 bits per heavy atom. The third kappa shape index (κ3) is 6.11. The minimum absolute atomic E-state index is 0.162. The van der Waals surface area contributed by atoms with Crippen molar-refractivity contribution in [3.63, 3.8) is 0 Å². The zero-order chi connectivity index (χ0) is 18.3. The summed E-state index contributed by atoms with van der Waals surface area (Å²) in [6.07, 6.45) is 2.68. The van der Waals surface area contributed by atoms with Gasteiger partial charge < -0.3 is 10.1 Å². The van der Waals surface area contributed by atoms with Gasteiger partial charge in [-0.15, -0.1) is 0 Å². The van der Waals surface area contributed by atoms with E-state index >= 15 is 0 Å². The zero-order valence-electron chi connectivity index (χ0n) is 14.3. The van der Waals surface area contributed by atoms with E-state index in [2.05, 4.69) is 10.0 Å². The van der Waals surface area contributed by atoms with Crippen molar-refractivity contribution in [2.45, 2.75) is 12.8 Å². The molecule has 0 aliphatic rings. The lowest BCUT2D eigenvalue weighted by Crippen LogP contribution is -2.25. The summed E-state index contributed by atoms with van der Waals surface area (Å²) in [5, 5.41) is 2.88. The number of amides is 1. The second kappa shape index (κ2) is 8.53. The van der Waals surface area contributed by atoms with Crippen molar-refractivity contribution in [1.29, 1.82) is 0 Å². The van der Waals surface area contributed by atoms with Crippen LogP contribution in [0, 0.1) is 0 Å². The molecule has 2 N–H and O–H groups in total. The van der Waals surface area contributed by atoms with E-state index < -0.39 is 10.0 Å². The van der Waals surface area contributed by atoms with Gasteiger partial charge in [-0.1, -0.05) is 24.3 Å². The molecule has 0 bridgehead atoms. The predicted molar refractivity (Wildman–Crippen MR) is 98.6 cm³/mol. The molecule has 0 aromatic heterocycles. The van der Waals surface area contributed by atoms with Gasteiger partial charge in [0.2, 0.25) is 10.0 Å². The molecule has 134 valence electrons. The van der Waals surface area contributed by atoms with Crippen molar-refractivity contribution >= 4 is 21.6 Å². The van der Waals surface area contributed by atoms with E-state index in [0.29, 0.717) is 23.5 Å². The molecule has 6 nitrogen and oxygen atoms in total. The number of hydrogen-bond donors (Lipinski definition) is 2. The van der Waals surface area contributed by atoms with Gasteiger partial charge in [0.05, 0.1) is 18.9 Å². The molecule has 0 radical (unpaired) electrons. The highest BCUT2D eigenvalue weighted by atomic mass is 32.2. The number of carbonyl (C=O) groups is 1. The van der Waals surface area contributed by atoms with E-state index in [1.165, 1.54) is 7.11 Å². The summed E-state index contributed by atoms with van der Waals surface area (Å²) in [6.45, 7) is 0.542. The molecule has 2 aromatic carbocycles. The van der Waals surface area contributed by atoms with Gasteiger partial charge in [-0.3, -0.25) is 9.52 Å². The van der Waals surface area contributed by atoms with Gasteiger partial charge in [0, 0.05) is 12.2 Å². The molecule has 25 heavy (non-hydrogen) atoms. The highest BCUT2D eigenvalue weighted by Gasteiger charge is 2.10. The first-order valence-electron chi connectivity index (χ1n) is 7.87. The molecule has 0 aliphatic heterocycles. The summed E-state index contributed by atoms with van der Waals surface area (Å²) >= 11 is 0. The normalized spacial score (nSPS) is 11.0. The number of anilines is 1. The highest BCUT2D eigenvalue weighted by Crippen LogP contribution is 2.17. The van der Waals surface area contributed by atoms with Gasteiger partial charge in [0.25, 0.3) is 5.91 Å². The summed E-state index contributed by atoms with van der Waals surface area (Å²) in [4.78, 5) is 12.2. The van der Waals surface area contributed by atoms with Crippen LogP contribution < -0.4 is 14.8 Å². The number of hydrogen-bond acceptors (Lipinski definition) is 4. The highest BCUT2D eigenvalue weighted by molar-refractivity contribution is 7.92. The Morgan fingerprint density at radius 3 is 2.40 bits per heavy atom. The second-order valence-corrected chi connectivity index (χ2v) is 7.38. The molecular formula is C18H22N2O4S. The fourth-order valence-corrected chi connectivity index (χ4v) is 2.94. The van der Waals surface area contributed by atoms with Gasteiger partial charge in [-0.25, -0.2) is 8.42 Å². The Hall–Kier alpha value is -2.54. The Kier molecular flexibility index (Phi) is 6.41. The molecule has 0 fully saturated rings. The number of ether oxygens (including phenoxy) is 1. The maximum atomic E-state index is 12.2. The Balaban J connectivity index is 1.80. The Bertz CT molecular complexity index is 817. The lowest BCUT2D eigenvalue weighted by molar-refractivity contribution is 0.0950. The molecule has 0 unspecified atom stereocenters. The van der Waals surface area contributed by atoms with Crippen LogP contribution in [0.3, 0.4) is 0 Å². The topological polar surface area (TPSA) is 84.5 Å². The standard InChI is InChI=1S/C18H22N2O4S/c1-24-17-8-4-3-7-16(17)18(21)19-13-5-6-14-9-11-15(12-10-14)20-25(2,22)23/h3-4,7-12,20H,5-6,13H2,1-2H3,(H,19,21). The van der Waals surface area contributed by atoms with Crippen molar-refractivity contribution in [3.05, 3.63) is 59.7 Å².